The molecule has 0 aliphatic carbocycles. The van der Waals surface area contributed by atoms with Crippen LogP contribution >= 0.6 is 15.6 Å². The lowest BCUT2D eigenvalue weighted by Gasteiger charge is -2.14. The van der Waals surface area contributed by atoms with E-state index in [1.165, 1.54) is 6.92 Å². The summed E-state index contributed by atoms with van der Waals surface area (Å²) in [5.41, 5.74) is 0. The number of carbonyl (C=O) groups is 4. The van der Waals surface area contributed by atoms with Crippen LogP contribution in [-0.2, 0) is 61.0 Å². The monoisotopic (exact) mass is 813 g/mol. The van der Waals surface area contributed by atoms with Crippen molar-refractivity contribution in [3.8, 4) is 0 Å². The molecule has 0 amide bonds. The van der Waals surface area contributed by atoms with Crippen LogP contribution in [0.2, 0.25) is 0 Å². The fourth-order valence-corrected chi connectivity index (χ4v) is 2.90. The number of carbonyl (C=O) groups excluding carboxylic acids is 4. The SMILES string of the molecule is C.C.C.C.C.C.C.C.CC(C)C(=O)OCCOP(=O)(O)O.CC(COC(=O)C(C)C)OP(=O)(O)O.CCC(=O)OC(C)COCCOC(=O)C(C)C. The Bertz CT molecular complexity index is 916. The molecule has 0 saturated carbocycles. The van der Waals surface area contributed by atoms with Gasteiger partial charge in [-0.25, -0.2) is 9.13 Å². The standard InChI is InChI=1S/C12H22O5.C7H15O6P.C6H13O6P.8CH4/c1-5-11(13)17-10(4)8-15-6-7-16-12(14)9(2)3;1-5(2)7(8)12-4-6(3)13-14(9,10)11;1-5(2)6(7)11-3-4-12-13(8,9)10;;;;;;;;/h9-10H,5-8H2,1-4H3;5-6H,4H2,1-3H3,(H2,9,10,11);5H,3-4H2,1-2H3,(H2,8,9,10);8*1H4. The van der Waals surface area contributed by atoms with E-state index < -0.39 is 33.7 Å². The molecule has 0 saturated heterocycles. The molecule has 52 heavy (non-hydrogen) atoms. The van der Waals surface area contributed by atoms with Crippen LogP contribution in [0.15, 0.2) is 0 Å². The molecule has 0 aromatic rings. The molecule has 0 radical (unpaired) electrons. The minimum atomic E-state index is -4.50. The first kappa shape index (κ1) is 79.0. The number of ether oxygens (including phenoxy) is 5. The molecule has 0 aromatic heterocycles. The Kier molecular flexibility index (Phi) is 66.0. The van der Waals surface area contributed by atoms with Gasteiger partial charge in [-0.2, -0.15) is 0 Å². The molecule has 19 heteroatoms. The number of hydrogen-bond acceptors (Lipinski definition) is 13. The van der Waals surface area contributed by atoms with Crippen LogP contribution in [0.5, 0.6) is 0 Å². The Morgan fingerprint density at radius 2 is 0.885 bits per heavy atom. The molecule has 0 aliphatic heterocycles. The lowest BCUT2D eigenvalue weighted by atomic mass is 10.2. The second-order valence-electron chi connectivity index (χ2n) is 9.89. The summed E-state index contributed by atoms with van der Waals surface area (Å²) in [7, 11) is -8.94. The van der Waals surface area contributed by atoms with Crippen LogP contribution < -0.4 is 0 Å². The average molecular weight is 813 g/mol. The topological polar surface area (TPSA) is 248 Å². The van der Waals surface area contributed by atoms with Gasteiger partial charge in [-0.05, 0) is 13.8 Å². The zero-order chi connectivity index (χ0) is 35.1. The molecule has 0 bridgehead atoms. The van der Waals surface area contributed by atoms with Gasteiger partial charge in [0.05, 0.1) is 37.6 Å². The van der Waals surface area contributed by atoms with E-state index in [9.17, 15) is 28.3 Å². The molecule has 0 aromatic carbocycles. The zero-order valence-electron chi connectivity index (χ0n) is 26.8. The average Bonchev–Trinajstić information content (AvgIpc) is 2.88. The maximum absolute atomic E-state index is 11.1. The first-order valence-corrected chi connectivity index (χ1v) is 16.8. The molecule has 0 aliphatic rings. The van der Waals surface area contributed by atoms with Gasteiger partial charge in [0.15, 0.2) is 0 Å². The highest BCUT2D eigenvalue weighted by atomic mass is 31.2. The van der Waals surface area contributed by atoms with Gasteiger partial charge >= 0.3 is 39.5 Å². The van der Waals surface area contributed by atoms with Gasteiger partial charge in [0.1, 0.15) is 32.0 Å². The van der Waals surface area contributed by atoms with Crippen molar-refractivity contribution in [1.82, 2.24) is 0 Å². The highest BCUT2D eigenvalue weighted by molar-refractivity contribution is 7.46. The summed E-state index contributed by atoms with van der Waals surface area (Å²) in [5.74, 6) is -1.97. The van der Waals surface area contributed by atoms with E-state index in [1.54, 1.807) is 55.4 Å². The highest BCUT2D eigenvalue weighted by Gasteiger charge is 2.20. The maximum atomic E-state index is 11.1. The van der Waals surface area contributed by atoms with Crippen LogP contribution in [0.1, 0.15) is 128 Å². The fraction of sp³-hybridized carbons (Fsp3) is 0.879. The summed E-state index contributed by atoms with van der Waals surface area (Å²) in [6, 6.07) is 0. The molecule has 326 valence electrons. The molecule has 0 fully saturated rings. The van der Waals surface area contributed by atoms with Crippen LogP contribution in [0.4, 0.5) is 0 Å². The Morgan fingerprint density at radius 3 is 1.21 bits per heavy atom. The van der Waals surface area contributed by atoms with E-state index in [1.807, 2.05) is 0 Å². The van der Waals surface area contributed by atoms with Crippen molar-refractivity contribution in [2.45, 2.75) is 140 Å². The van der Waals surface area contributed by atoms with Crippen LogP contribution in [-0.4, -0.2) is 95.3 Å². The van der Waals surface area contributed by atoms with E-state index in [-0.39, 0.29) is 122 Å². The van der Waals surface area contributed by atoms with Crippen molar-refractivity contribution in [1.29, 1.82) is 0 Å². The molecule has 0 spiro atoms. The second kappa shape index (κ2) is 43.5. The summed E-state index contributed by atoms with van der Waals surface area (Å²) in [5, 5.41) is 0. The van der Waals surface area contributed by atoms with Gasteiger partial charge < -0.3 is 43.3 Å². The smallest absolute Gasteiger partial charge is 0.463 e. The number of phosphoric ester groups is 2. The largest absolute Gasteiger partial charge is 0.469 e. The number of hydrogen-bond donors (Lipinski definition) is 4. The van der Waals surface area contributed by atoms with Crippen molar-refractivity contribution >= 4 is 39.5 Å². The summed E-state index contributed by atoms with van der Waals surface area (Å²) in [6.45, 7) is 15.3. The van der Waals surface area contributed by atoms with Gasteiger partial charge in [-0.3, -0.25) is 28.2 Å². The molecule has 2 atom stereocenters. The van der Waals surface area contributed by atoms with Crippen molar-refractivity contribution in [3.05, 3.63) is 0 Å². The summed E-state index contributed by atoms with van der Waals surface area (Å²) < 4.78 is 53.2. The van der Waals surface area contributed by atoms with E-state index in [2.05, 4.69) is 13.8 Å². The van der Waals surface area contributed by atoms with E-state index >= 15 is 0 Å². The van der Waals surface area contributed by atoms with Gasteiger partial charge in [-0.15, -0.1) is 0 Å². The predicted molar refractivity (Wildman–Crippen MR) is 208 cm³/mol. The maximum Gasteiger partial charge on any atom is 0.469 e. The zero-order valence-corrected chi connectivity index (χ0v) is 28.6. The quantitative estimate of drug-likeness (QED) is 0.0450. The molecular formula is C33H82O17P2. The van der Waals surface area contributed by atoms with Crippen molar-refractivity contribution in [2.75, 3.05) is 39.6 Å². The molecule has 2 unspecified atom stereocenters. The van der Waals surface area contributed by atoms with Gasteiger partial charge in [0, 0.05) is 6.42 Å². The van der Waals surface area contributed by atoms with Crippen LogP contribution in [0, 0.1) is 17.8 Å². The highest BCUT2D eigenvalue weighted by Crippen LogP contribution is 2.37. The van der Waals surface area contributed by atoms with Crippen LogP contribution in [0.25, 0.3) is 0 Å². The molecule has 17 nitrogen and oxygen atoms in total. The normalized spacial score (nSPS) is 10.8. The summed E-state index contributed by atoms with van der Waals surface area (Å²) in [4.78, 5) is 77.0. The first-order valence-electron chi connectivity index (χ1n) is 13.7. The number of esters is 4. The third kappa shape index (κ3) is 60.2. The molecule has 0 rings (SSSR count). The second-order valence-corrected chi connectivity index (χ2v) is 12.3. The van der Waals surface area contributed by atoms with Gasteiger partial charge in [0.25, 0.3) is 0 Å². The molecule has 4 N–H and O–H groups in total. The minimum Gasteiger partial charge on any atom is -0.463 e. The lowest BCUT2D eigenvalue weighted by molar-refractivity contribution is -0.152. The van der Waals surface area contributed by atoms with Gasteiger partial charge in [0.2, 0.25) is 0 Å². The van der Waals surface area contributed by atoms with E-state index in [4.69, 9.17) is 38.5 Å². The first-order chi connectivity index (χ1) is 20.0. The minimum absolute atomic E-state index is 0. The Morgan fingerprint density at radius 1 is 0.519 bits per heavy atom. The Hall–Kier alpha value is -1.94. The number of phosphoric acid groups is 2. The third-order valence-corrected chi connectivity index (χ3v) is 5.38. The summed E-state index contributed by atoms with van der Waals surface area (Å²) >= 11 is 0. The summed E-state index contributed by atoms with van der Waals surface area (Å²) in [6.07, 6.45) is -0.738. The lowest BCUT2D eigenvalue weighted by Crippen LogP contribution is -2.22. The van der Waals surface area contributed by atoms with Crippen molar-refractivity contribution in [2.24, 2.45) is 17.8 Å². The molecule has 0 heterocycles. The predicted octanol–water partition coefficient (Wildman–Crippen LogP) is 7.61. The number of rotatable bonds is 18. The third-order valence-electron chi connectivity index (χ3n) is 4.22. The van der Waals surface area contributed by atoms with Crippen molar-refractivity contribution in [3.63, 3.8) is 0 Å². The molecular weight excluding hydrogens is 730 g/mol. The van der Waals surface area contributed by atoms with Gasteiger partial charge in [-0.1, -0.05) is 108 Å². The Balaban J connectivity index is -0.0000000504. The Labute approximate surface area is 317 Å². The van der Waals surface area contributed by atoms with Crippen LogP contribution in [0.3, 0.4) is 0 Å². The van der Waals surface area contributed by atoms with E-state index in [0.717, 1.165) is 0 Å². The van der Waals surface area contributed by atoms with E-state index in [0.29, 0.717) is 19.6 Å². The fourth-order valence-electron chi connectivity index (χ4n) is 2.05. The van der Waals surface area contributed by atoms with Crippen molar-refractivity contribution < 1.29 is 80.6 Å².